The minimum Gasteiger partial charge on any atom is -0.507 e. The van der Waals surface area contributed by atoms with Crippen LogP contribution < -0.4 is 14.2 Å². The lowest BCUT2D eigenvalue weighted by atomic mass is 9.96. The predicted molar refractivity (Wildman–Crippen MR) is 131 cm³/mol. The van der Waals surface area contributed by atoms with Gasteiger partial charge in [0.2, 0.25) is 0 Å². The minimum absolute atomic E-state index is 0.0797. The summed E-state index contributed by atoms with van der Waals surface area (Å²) in [6.07, 6.45) is 4.15. The SMILES string of the molecule is CCCc1c(OCCCCCC(=O)c2cc(C)c(OC)c(OC)c2C)ccc(C(=O)OC)c1O. The number of hydrogen-bond donors (Lipinski definition) is 1. The largest absolute Gasteiger partial charge is 0.507 e. The summed E-state index contributed by atoms with van der Waals surface area (Å²) >= 11 is 0. The van der Waals surface area contributed by atoms with Gasteiger partial charge in [-0.15, -0.1) is 0 Å². The predicted octanol–water partition coefficient (Wildman–Crippen LogP) is 5.59. The molecule has 0 aliphatic heterocycles. The molecule has 0 aromatic heterocycles. The molecule has 0 radical (unpaired) electrons. The van der Waals surface area contributed by atoms with Crippen LogP contribution in [0.3, 0.4) is 0 Å². The van der Waals surface area contributed by atoms with Crippen LogP contribution in [0, 0.1) is 13.8 Å². The number of unbranched alkanes of at least 4 members (excludes halogenated alkanes) is 2. The third-order valence-corrected chi connectivity index (χ3v) is 5.83. The summed E-state index contributed by atoms with van der Waals surface area (Å²) in [7, 11) is 4.45. The van der Waals surface area contributed by atoms with E-state index in [1.807, 2.05) is 26.8 Å². The zero-order valence-corrected chi connectivity index (χ0v) is 21.1. The quantitative estimate of drug-likeness (QED) is 0.231. The summed E-state index contributed by atoms with van der Waals surface area (Å²) in [5, 5.41) is 10.5. The molecule has 0 heterocycles. The van der Waals surface area contributed by atoms with Crippen molar-refractivity contribution in [2.24, 2.45) is 0 Å². The molecule has 0 amide bonds. The average Bonchev–Trinajstić information content (AvgIpc) is 2.83. The van der Waals surface area contributed by atoms with Crippen LogP contribution in [0.25, 0.3) is 0 Å². The highest BCUT2D eigenvalue weighted by atomic mass is 16.5. The molecular formula is C27H36O7. The van der Waals surface area contributed by atoms with Gasteiger partial charge < -0.3 is 24.1 Å². The lowest BCUT2D eigenvalue weighted by molar-refractivity contribution is 0.0597. The van der Waals surface area contributed by atoms with Crippen molar-refractivity contribution >= 4 is 11.8 Å². The van der Waals surface area contributed by atoms with Crippen LogP contribution in [-0.4, -0.2) is 44.8 Å². The second kappa shape index (κ2) is 12.9. The van der Waals surface area contributed by atoms with Crippen molar-refractivity contribution < 1.29 is 33.6 Å². The number of methoxy groups -OCH3 is 3. The molecule has 2 aromatic rings. The summed E-state index contributed by atoms with van der Waals surface area (Å²) in [5.41, 5.74) is 3.07. The molecule has 0 spiro atoms. The first-order valence-corrected chi connectivity index (χ1v) is 11.6. The zero-order chi connectivity index (χ0) is 25.3. The first kappa shape index (κ1) is 27.0. The number of ether oxygens (including phenoxy) is 4. The van der Waals surface area contributed by atoms with Crippen LogP contribution in [0.15, 0.2) is 18.2 Å². The third-order valence-electron chi connectivity index (χ3n) is 5.83. The van der Waals surface area contributed by atoms with Gasteiger partial charge in [-0.05, 0) is 63.3 Å². The Balaban J connectivity index is 1.92. The lowest BCUT2D eigenvalue weighted by Gasteiger charge is -2.16. The summed E-state index contributed by atoms with van der Waals surface area (Å²) in [4.78, 5) is 24.6. The van der Waals surface area contributed by atoms with Gasteiger partial charge in [-0.25, -0.2) is 4.79 Å². The molecule has 0 atom stereocenters. The molecule has 186 valence electrons. The Morgan fingerprint density at radius 1 is 0.941 bits per heavy atom. The van der Waals surface area contributed by atoms with E-state index in [1.165, 1.54) is 13.2 Å². The van der Waals surface area contributed by atoms with E-state index in [4.69, 9.17) is 18.9 Å². The van der Waals surface area contributed by atoms with Gasteiger partial charge in [-0.1, -0.05) is 13.3 Å². The third kappa shape index (κ3) is 6.22. The summed E-state index contributed by atoms with van der Waals surface area (Å²) < 4.78 is 21.5. The number of Topliss-reactive ketones (excluding diaryl/α,β-unsaturated/α-hetero) is 1. The molecule has 7 nitrogen and oxygen atoms in total. The number of ketones is 1. The van der Waals surface area contributed by atoms with Crippen LogP contribution in [0.2, 0.25) is 0 Å². The topological polar surface area (TPSA) is 91.3 Å². The molecule has 0 aliphatic carbocycles. The van der Waals surface area contributed by atoms with E-state index >= 15 is 0 Å². The van der Waals surface area contributed by atoms with Crippen molar-refractivity contribution in [3.8, 4) is 23.0 Å². The van der Waals surface area contributed by atoms with E-state index in [1.54, 1.807) is 20.3 Å². The number of hydrogen-bond acceptors (Lipinski definition) is 7. The summed E-state index contributed by atoms with van der Waals surface area (Å²) in [6.45, 7) is 6.22. The molecule has 0 bridgehead atoms. The van der Waals surface area contributed by atoms with Gasteiger partial charge in [0.15, 0.2) is 17.3 Å². The first-order valence-electron chi connectivity index (χ1n) is 11.6. The molecular weight excluding hydrogens is 436 g/mol. The highest BCUT2D eigenvalue weighted by molar-refractivity contribution is 5.98. The first-order chi connectivity index (χ1) is 16.3. The Morgan fingerprint density at radius 2 is 1.65 bits per heavy atom. The highest BCUT2D eigenvalue weighted by Gasteiger charge is 2.20. The van der Waals surface area contributed by atoms with Gasteiger partial charge in [0.05, 0.1) is 27.9 Å². The van der Waals surface area contributed by atoms with Crippen LogP contribution in [0.4, 0.5) is 0 Å². The molecule has 1 N–H and O–H groups in total. The normalized spacial score (nSPS) is 10.6. The number of esters is 1. The molecule has 34 heavy (non-hydrogen) atoms. The van der Waals surface area contributed by atoms with Crippen molar-refractivity contribution in [2.75, 3.05) is 27.9 Å². The van der Waals surface area contributed by atoms with Crippen molar-refractivity contribution in [2.45, 2.75) is 59.3 Å². The minimum atomic E-state index is -0.578. The van der Waals surface area contributed by atoms with Gasteiger partial charge >= 0.3 is 5.97 Å². The number of phenols is 1. The Hall–Kier alpha value is -3.22. The van der Waals surface area contributed by atoms with Crippen molar-refractivity contribution in [1.29, 1.82) is 0 Å². The van der Waals surface area contributed by atoms with Gasteiger partial charge in [0.25, 0.3) is 0 Å². The molecule has 0 saturated carbocycles. The average molecular weight is 473 g/mol. The maximum Gasteiger partial charge on any atom is 0.341 e. The maximum atomic E-state index is 12.8. The number of rotatable bonds is 13. The van der Waals surface area contributed by atoms with E-state index < -0.39 is 5.97 Å². The second-order valence-electron chi connectivity index (χ2n) is 8.19. The number of aryl methyl sites for hydroxylation is 1. The van der Waals surface area contributed by atoms with Crippen LogP contribution >= 0.6 is 0 Å². The molecule has 7 heteroatoms. The Kier molecular flexibility index (Phi) is 10.2. The second-order valence-corrected chi connectivity index (χ2v) is 8.19. The Labute approximate surface area is 202 Å². The van der Waals surface area contributed by atoms with Crippen molar-refractivity contribution in [3.63, 3.8) is 0 Å². The van der Waals surface area contributed by atoms with Gasteiger partial charge in [-0.3, -0.25) is 4.79 Å². The smallest absolute Gasteiger partial charge is 0.341 e. The fourth-order valence-corrected chi connectivity index (χ4v) is 4.05. The lowest BCUT2D eigenvalue weighted by Crippen LogP contribution is -2.07. The van der Waals surface area contributed by atoms with Crippen LogP contribution in [0.5, 0.6) is 23.0 Å². The molecule has 0 fully saturated rings. The number of carbonyl (C=O) groups excluding carboxylic acids is 2. The number of carbonyl (C=O) groups is 2. The highest BCUT2D eigenvalue weighted by Crippen LogP contribution is 2.37. The Bertz CT molecular complexity index is 1010. The molecule has 2 aromatic carbocycles. The summed E-state index contributed by atoms with van der Waals surface area (Å²) in [5.74, 6) is 1.24. The monoisotopic (exact) mass is 472 g/mol. The summed E-state index contributed by atoms with van der Waals surface area (Å²) in [6, 6.07) is 5.08. The van der Waals surface area contributed by atoms with E-state index in [-0.39, 0.29) is 17.1 Å². The van der Waals surface area contributed by atoms with Gasteiger partial charge in [0, 0.05) is 23.1 Å². The van der Waals surface area contributed by atoms with E-state index in [0.717, 1.165) is 36.8 Å². The zero-order valence-electron chi connectivity index (χ0n) is 21.1. The molecule has 0 aliphatic rings. The number of aromatic hydroxyl groups is 1. The van der Waals surface area contributed by atoms with Gasteiger partial charge in [0.1, 0.15) is 17.1 Å². The fourth-order valence-electron chi connectivity index (χ4n) is 4.05. The molecule has 0 saturated heterocycles. The van der Waals surface area contributed by atoms with E-state index in [2.05, 4.69) is 0 Å². The van der Waals surface area contributed by atoms with E-state index in [0.29, 0.717) is 47.8 Å². The molecule has 0 unspecified atom stereocenters. The van der Waals surface area contributed by atoms with Crippen molar-refractivity contribution in [3.05, 3.63) is 46.0 Å². The molecule has 2 rings (SSSR count). The van der Waals surface area contributed by atoms with Gasteiger partial charge in [-0.2, -0.15) is 0 Å². The van der Waals surface area contributed by atoms with E-state index in [9.17, 15) is 14.7 Å². The van der Waals surface area contributed by atoms with Crippen LogP contribution in [-0.2, 0) is 11.2 Å². The number of phenolic OH excluding ortho intramolecular Hbond substituents is 1. The maximum absolute atomic E-state index is 12.8. The fraction of sp³-hybridized carbons (Fsp3) is 0.481. The Morgan fingerprint density at radius 3 is 2.26 bits per heavy atom. The van der Waals surface area contributed by atoms with Crippen molar-refractivity contribution in [1.82, 2.24) is 0 Å². The standard InChI is InChI=1S/C27H36O7/c1-7-11-19-23(14-13-20(24(19)29)27(30)33-6)34-15-10-8-9-12-22(28)21-16-17(2)25(31-4)26(32-5)18(21)3/h13-14,16,29H,7-12,15H2,1-6H3. The number of benzene rings is 2. The van der Waals surface area contributed by atoms with Crippen LogP contribution in [0.1, 0.15) is 76.4 Å².